The van der Waals surface area contributed by atoms with Crippen LogP contribution in [0.2, 0.25) is 0 Å². The molecule has 2 nitrogen and oxygen atoms in total. The van der Waals surface area contributed by atoms with E-state index >= 15 is 0 Å². The number of esters is 1. The molecule has 0 fully saturated rings. The van der Waals surface area contributed by atoms with Crippen molar-refractivity contribution in [3.05, 3.63) is 47.5 Å². The first-order valence-corrected chi connectivity index (χ1v) is 7.32. The summed E-state index contributed by atoms with van der Waals surface area (Å²) in [7, 11) is 1.34. The summed E-state index contributed by atoms with van der Waals surface area (Å²) in [5.74, 6) is -0.435. The van der Waals surface area contributed by atoms with Crippen molar-refractivity contribution in [2.24, 2.45) is 0 Å². The van der Waals surface area contributed by atoms with Crippen molar-refractivity contribution in [3.8, 4) is 0 Å². The molecule has 0 aromatic heterocycles. The van der Waals surface area contributed by atoms with Gasteiger partial charge in [0.05, 0.1) is 12.7 Å². The molecule has 2 aromatic rings. The summed E-state index contributed by atoms with van der Waals surface area (Å²) in [5.41, 5.74) is 2.37. The van der Waals surface area contributed by atoms with Crippen LogP contribution in [-0.2, 0) is 9.53 Å². The van der Waals surface area contributed by atoms with E-state index in [0.29, 0.717) is 5.57 Å². The van der Waals surface area contributed by atoms with Gasteiger partial charge in [0, 0.05) is 10.4 Å². The Bertz CT molecular complexity index is 650. The first kappa shape index (κ1) is 14.0. The van der Waals surface area contributed by atoms with Crippen molar-refractivity contribution in [1.29, 1.82) is 0 Å². The highest BCUT2D eigenvalue weighted by atomic mass is 35.5. The van der Waals surface area contributed by atoms with Crippen LogP contribution in [0.25, 0.3) is 16.3 Å². The second-order valence-electron chi connectivity index (χ2n) is 3.94. The Labute approximate surface area is 121 Å². The Morgan fingerprint density at radius 1 is 1.21 bits per heavy atom. The van der Waals surface area contributed by atoms with Gasteiger partial charge in [-0.3, -0.25) is 0 Å². The van der Waals surface area contributed by atoms with Crippen molar-refractivity contribution < 1.29 is 9.53 Å². The largest absolute Gasteiger partial charge is 0.465 e. The van der Waals surface area contributed by atoms with E-state index in [1.54, 1.807) is 11.8 Å². The molecule has 0 saturated carbocycles. The molecule has 0 aliphatic carbocycles. The molecule has 0 heterocycles. The number of hydrogen-bond acceptors (Lipinski definition) is 3. The maximum atomic E-state index is 11.6. The van der Waals surface area contributed by atoms with Crippen LogP contribution in [0.3, 0.4) is 0 Å². The fourth-order valence-corrected chi connectivity index (χ4v) is 2.52. The van der Waals surface area contributed by atoms with Gasteiger partial charge in [-0.1, -0.05) is 29.8 Å². The first-order valence-electron chi connectivity index (χ1n) is 5.66. The average molecular weight is 293 g/mol. The van der Waals surface area contributed by atoms with E-state index in [9.17, 15) is 4.79 Å². The van der Waals surface area contributed by atoms with Crippen molar-refractivity contribution in [3.63, 3.8) is 0 Å². The van der Waals surface area contributed by atoms with E-state index in [2.05, 4.69) is 12.1 Å². The molecule has 2 rings (SSSR count). The number of methoxy groups -OCH3 is 1. The van der Waals surface area contributed by atoms with E-state index < -0.39 is 5.97 Å². The first-order chi connectivity index (χ1) is 9.19. The summed E-state index contributed by atoms with van der Waals surface area (Å²) < 4.78 is 4.71. The highest BCUT2D eigenvalue weighted by Crippen LogP contribution is 2.26. The van der Waals surface area contributed by atoms with E-state index in [0.717, 1.165) is 16.3 Å². The number of thioether (sulfide) groups is 1. The summed E-state index contributed by atoms with van der Waals surface area (Å²) in [6, 6.07) is 12.0. The third-order valence-electron chi connectivity index (χ3n) is 2.87. The molecule has 0 radical (unpaired) electrons. The maximum absolute atomic E-state index is 11.6. The number of ether oxygens (including phenoxy) is 1. The van der Waals surface area contributed by atoms with Crippen molar-refractivity contribution in [2.45, 2.75) is 4.90 Å². The monoisotopic (exact) mass is 292 g/mol. The number of carbonyl (C=O) groups is 1. The zero-order valence-corrected chi connectivity index (χ0v) is 12.2. The summed E-state index contributed by atoms with van der Waals surface area (Å²) in [6.07, 6.45) is 2.04. The fourth-order valence-electron chi connectivity index (χ4n) is 1.85. The SMILES string of the molecule is COC(=O)C(=CCl)c1ccc2cc(SC)ccc2c1. The molecule has 0 spiro atoms. The Hall–Kier alpha value is -1.45. The van der Waals surface area contributed by atoms with Gasteiger partial charge in [-0.15, -0.1) is 11.8 Å². The van der Waals surface area contributed by atoms with E-state index in [4.69, 9.17) is 16.3 Å². The second-order valence-corrected chi connectivity index (χ2v) is 5.04. The Kier molecular flexibility index (Phi) is 4.51. The number of carbonyl (C=O) groups excluding carboxylic acids is 1. The van der Waals surface area contributed by atoms with Gasteiger partial charge in [0.2, 0.25) is 0 Å². The van der Waals surface area contributed by atoms with Crippen LogP contribution in [0, 0.1) is 0 Å². The lowest BCUT2D eigenvalue weighted by Crippen LogP contribution is -2.03. The van der Waals surface area contributed by atoms with Crippen LogP contribution < -0.4 is 0 Å². The highest BCUT2D eigenvalue weighted by Gasteiger charge is 2.12. The number of fused-ring (bicyclic) bond motifs is 1. The zero-order valence-electron chi connectivity index (χ0n) is 10.6. The van der Waals surface area contributed by atoms with Crippen LogP contribution in [0.15, 0.2) is 46.8 Å². The number of rotatable bonds is 3. The second kappa shape index (κ2) is 6.13. The number of halogens is 1. The van der Waals surface area contributed by atoms with Crippen molar-refractivity contribution in [2.75, 3.05) is 13.4 Å². The number of benzene rings is 2. The van der Waals surface area contributed by atoms with Crippen LogP contribution >= 0.6 is 23.4 Å². The maximum Gasteiger partial charge on any atom is 0.339 e. The minimum absolute atomic E-state index is 0.361. The van der Waals surface area contributed by atoms with Gasteiger partial charge in [0.25, 0.3) is 0 Å². The predicted molar refractivity (Wildman–Crippen MR) is 81.6 cm³/mol. The summed E-state index contributed by atoms with van der Waals surface area (Å²) in [6.45, 7) is 0. The summed E-state index contributed by atoms with van der Waals surface area (Å²) in [4.78, 5) is 12.8. The Balaban J connectivity index is 2.50. The van der Waals surface area contributed by atoms with Gasteiger partial charge >= 0.3 is 5.97 Å². The van der Waals surface area contributed by atoms with Gasteiger partial charge in [0.1, 0.15) is 0 Å². The Morgan fingerprint density at radius 2 is 1.89 bits per heavy atom. The van der Waals surface area contributed by atoms with E-state index in [1.165, 1.54) is 17.5 Å². The van der Waals surface area contributed by atoms with Crippen LogP contribution in [0.4, 0.5) is 0 Å². The molecule has 0 saturated heterocycles. The predicted octanol–water partition coefficient (Wildman–Crippen LogP) is 4.31. The normalized spacial score (nSPS) is 11.6. The zero-order chi connectivity index (χ0) is 13.8. The third kappa shape index (κ3) is 2.94. The summed E-state index contributed by atoms with van der Waals surface area (Å²) >= 11 is 7.41. The van der Waals surface area contributed by atoms with Crippen LogP contribution in [0.1, 0.15) is 5.56 Å². The molecule has 4 heteroatoms. The molecule has 0 amide bonds. The quantitative estimate of drug-likeness (QED) is 0.479. The lowest BCUT2D eigenvalue weighted by atomic mass is 10.0. The van der Waals surface area contributed by atoms with Crippen molar-refractivity contribution >= 4 is 45.7 Å². The van der Waals surface area contributed by atoms with Gasteiger partial charge in [0.15, 0.2) is 0 Å². The molecule has 0 bridgehead atoms. The minimum Gasteiger partial charge on any atom is -0.465 e. The van der Waals surface area contributed by atoms with Crippen LogP contribution in [-0.4, -0.2) is 19.3 Å². The number of hydrogen-bond donors (Lipinski definition) is 0. The van der Waals surface area contributed by atoms with Gasteiger partial charge < -0.3 is 4.74 Å². The van der Waals surface area contributed by atoms with E-state index in [1.807, 2.05) is 30.5 Å². The molecule has 19 heavy (non-hydrogen) atoms. The highest BCUT2D eigenvalue weighted by molar-refractivity contribution is 7.98. The molecule has 0 unspecified atom stereocenters. The molecule has 0 N–H and O–H groups in total. The van der Waals surface area contributed by atoms with Crippen LogP contribution in [0.5, 0.6) is 0 Å². The fraction of sp³-hybridized carbons (Fsp3) is 0.133. The molecular weight excluding hydrogens is 280 g/mol. The summed E-state index contributed by atoms with van der Waals surface area (Å²) in [5, 5.41) is 2.20. The molecule has 0 aliphatic rings. The standard InChI is InChI=1S/C15H13ClO2S/c1-18-15(17)14(9-16)12-4-3-11-8-13(19-2)6-5-10(11)7-12/h3-9H,1-2H3. The molecule has 0 atom stereocenters. The van der Waals surface area contributed by atoms with E-state index in [-0.39, 0.29) is 0 Å². The molecule has 98 valence electrons. The molecule has 0 aliphatic heterocycles. The molecular formula is C15H13ClO2S. The molecule has 2 aromatic carbocycles. The minimum atomic E-state index is -0.435. The van der Waals surface area contributed by atoms with Gasteiger partial charge in [-0.05, 0) is 40.8 Å². The average Bonchev–Trinajstić information content (AvgIpc) is 2.47. The topological polar surface area (TPSA) is 26.3 Å². The van der Waals surface area contributed by atoms with Gasteiger partial charge in [-0.2, -0.15) is 0 Å². The lowest BCUT2D eigenvalue weighted by Gasteiger charge is -2.07. The third-order valence-corrected chi connectivity index (χ3v) is 3.82. The Morgan fingerprint density at radius 3 is 2.53 bits per heavy atom. The van der Waals surface area contributed by atoms with Crippen molar-refractivity contribution in [1.82, 2.24) is 0 Å². The smallest absolute Gasteiger partial charge is 0.339 e. The lowest BCUT2D eigenvalue weighted by molar-refractivity contribution is -0.133. The van der Waals surface area contributed by atoms with Gasteiger partial charge in [-0.25, -0.2) is 4.79 Å².